The van der Waals surface area contributed by atoms with Crippen molar-refractivity contribution in [2.75, 3.05) is 0 Å². The largest absolute Gasteiger partial charge is 0.305 e. The van der Waals surface area contributed by atoms with Gasteiger partial charge in [0.25, 0.3) is 0 Å². The molecule has 4 aromatic carbocycles. The van der Waals surface area contributed by atoms with E-state index in [1.165, 1.54) is 28.8 Å². The van der Waals surface area contributed by atoms with Crippen LogP contribution in [0.1, 0.15) is 26.7 Å². The summed E-state index contributed by atoms with van der Waals surface area (Å²) < 4.78 is 39.6. The van der Waals surface area contributed by atoms with Crippen LogP contribution in [-0.2, 0) is 20.1 Å². The van der Waals surface area contributed by atoms with Crippen LogP contribution in [0.5, 0.6) is 0 Å². The molecule has 7 aromatic rings. The van der Waals surface area contributed by atoms with Crippen molar-refractivity contribution in [1.82, 2.24) is 9.97 Å². The Morgan fingerprint density at radius 3 is 2.22 bits per heavy atom. The third-order valence-electron chi connectivity index (χ3n) is 7.68. The molecule has 1 radical (unpaired) electrons. The Bertz CT molecular complexity index is 2160. The average molecular weight is 808 g/mol. The summed E-state index contributed by atoms with van der Waals surface area (Å²) in [5.41, 5.74) is 3.11. The zero-order valence-electron chi connectivity index (χ0n) is 26.6. The van der Waals surface area contributed by atoms with Crippen molar-refractivity contribution in [1.29, 1.82) is 0 Å². The Labute approximate surface area is 283 Å². The number of rotatable bonds is 4. The molecule has 0 amide bonds. The maximum Gasteiger partial charge on any atom is 0.131 e. The van der Waals surface area contributed by atoms with E-state index in [-0.39, 0.29) is 31.6 Å². The van der Waals surface area contributed by atoms with Crippen molar-refractivity contribution in [3.8, 4) is 22.5 Å². The summed E-state index contributed by atoms with van der Waals surface area (Å²) in [5, 5.41) is 4.76. The summed E-state index contributed by atoms with van der Waals surface area (Å²) >= 11 is 1.49. The molecule has 0 aliphatic rings. The molecule has 0 saturated carbocycles. The SMILES string of the molecule is C[Si](C)(C)c1ccc(-c2[c-]cccc2)nc1.[2H]C(C)(C)c1ccnc(-c2[c-]ccc3c2sc2c4cccc(F)c4ccc32)c1F.[Ir]. The first-order chi connectivity index (χ1) is 21.4. The van der Waals surface area contributed by atoms with Crippen molar-refractivity contribution < 1.29 is 30.3 Å². The van der Waals surface area contributed by atoms with Gasteiger partial charge >= 0.3 is 0 Å². The number of hydrogen-bond acceptors (Lipinski definition) is 3. The predicted octanol–water partition coefficient (Wildman–Crippen LogP) is 10.6. The molecule has 0 atom stereocenters. The van der Waals surface area contributed by atoms with Gasteiger partial charge in [-0.3, -0.25) is 0 Å². The number of benzene rings is 4. The minimum atomic E-state index is -1.23. The first kappa shape index (κ1) is 31.4. The number of fused-ring (bicyclic) bond motifs is 5. The number of aromatic nitrogens is 2. The van der Waals surface area contributed by atoms with Crippen molar-refractivity contribution in [3.05, 3.63) is 127 Å². The number of pyridine rings is 2. The van der Waals surface area contributed by atoms with Gasteiger partial charge < -0.3 is 9.97 Å². The second-order valence-electron chi connectivity index (χ2n) is 12.0. The van der Waals surface area contributed by atoms with E-state index in [0.29, 0.717) is 16.5 Å². The molecule has 229 valence electrons. The second-order valence-corrected chi connectivity index (χ2v) is 18.1. The first-order valence-corrected chi connectivity index (χ1v) is 18.8. The molecule has 0 aliphatic heterocycles. The fourth-order valence-electron chi connectivity index (χ4n) is 5.25. The maximum absolute atomic E-state index is 15.3. The zero-order valence-corrected chi connectivity index (χ0v) is 29.8. The van der Waals surface area contributed by atoms with Gasteiger partial charge in [-0.25, -0.2) is 8.78 Å². The van der Waals surface area contributed by atoms with E-state index in [9.17, 15) is 4.39 Å². The monoisotopic (exact) mass is 808 g/mol. The maximum atomic E-state index is 15.3. The average Bonchev–Trinajstić information content (AvgIpc) is 3.41. The smallest absolute Gasteiger partial charge is 0.131 e. The van der Waals surface area contributed by atoms with Crippen LogP contribution in [0.25, 0.3) is 53.5 Å². The van der Waals surface area contributed by atoms with Crippen molar-refractivity contribution >= 4 is 55.5 Å². The second kappa shape index (κ2) is 13.4. The van der Waals surface area contributed by atoms with Gasteiger partial charge in [0.05, 0.1) is 8.07 Å². The Morgan fingerprint density at radius 1 is 0.778 bits per heavy atom. The standard InChI is InChI=1S/C24H16F2NS.C14H16NSi.Ir/c1-13(2)14-11-12-27-22(21(14)26)19-7-3-5-17-18-10-9-15-16(6-4-8-20(15)25)23(18)28-24(17)19;1-16(2,3)13-9-10-14(15-11-13)12-7-5-4-6-8-12;/h3-6,8-13H,1-2H3;4-7,9-11H,1-3H3;/q2*-1;/i13D;;. The number of nitrogens with zero attached hydrogens (tertiary/aromatic N) is 2. The molecular formula is C38H32F2IrN2SSi-2. The molecule has 0 saturated heterocycles. The van der Waals surface area contributed by atoms with Crippen LogP contribution in [0.2, 0.25) is 19.6 Å². The van der Waals surface area contributed by atoms with Gasteiger partial charge in [-0.15, -0.1) is 59.7 Å². The summed E-state index contributed by atoms with van der Waals surface area (Å²) in [7, 11) is -1.23. The fraction of sp³-hybridized carbons (Fsp3) is 0.158. The van der Waals surface area contributed by atoms with Gasteiger partial charge in [0, 0.05) is 55.0 Å². The molecule has 3 heterocycles. The van der Waals surface area contributed by atoms with Gasteiger partial charge in [0.2, 0.25) is 0 Å². The van der Waals surface area contributed by atoms with Crippen LogP contribution in [0.4, 0.5) is 8.78 Å². The molecule has 2 nitrogen and oxygen atoms in total. The topological polar surface area (TPSA) is 25.8 Å². The van der Waals surface area contributed by atoms with E-state index in [0.717, 1.165) is 36.8 Å². The Balaban J connectivity index is 0.000000209. The van der Waals surface area contributed by atoms with E-state index in [1.807, 2.05) is 48.7 Å². The first-order valence-electron chi connectivity index (χ1n) is 15.0. The molecule has 7 rings (SSSR count). The van der Waals surface area contributed by atoms with Crippen molar-refractivity contribution in [3.63, 3.8) is 0 Å². The van der Waals surface area contributed by atoms with E-state index < -0.39 is 19.8 Å². The molecule has 3 aromatic heterocycles. The Morgan fingerprint density at radius 2 is 1.53 bits per heavy atom. The third kappa shape index (κ3) is 6.54. The van der Waals surface area contributed by atoms with Gasteiger partial charge in [0.15, 0.2) is 0 Å². The number of hydrogen-bond donors (Lipinski definition) is 0. The summed E-state index contributed by atoms with van der Waals surface area (Å²) in [6.07, 6.45) is 3.55. The minimum absolute atomic E-state index is 0. The van der Waals surface area contributed by atoms with Crippen LogP contribution in [-0.4, -0.2) is 18.0 Å². The molecule has 0 N–H and O–H groups in total. The van der Waals surface area contributed by atoms with E-state index in [2.05, 4.69) is 53.9 Å². The third-order valence-corrected chi connectivity index (χ3v) is 11.0. The van der Waals surface area contributed by atoms with Gasteiger partial charge in [-0.05, 0) is 44.6 Å². The molecule has 45 heavy (non-hydrogen) atoms. The normalized spacial score (nSPS) is 12.0. The Kier molecular flexibility index (Phi) is 9.34. The van der Waals surface area contributed by atoms with Crippen LogP contribution >= 0.6 is 11.3 Å². The molecule has 0 fully saturated rings. The molecule has 7 heteroatoms. The van der Waals surface area contributed by atoms with Crippen molar-refractivity contribution in [2.24, 2.45) is 0 Å². The zero-order chi connectivity index (χ0) is 31.9. The summed E-state index contributed by atoms with van der Waals surface area (Å²) in [6.45, 7) is 10.3. The molecule has 0 spiro atoms. The van der Waals surface area contributed by atoms with Crippen LogP contribution in [0.15, 0.2) is 97.3 Å². The summed E-state index contributed by atoms with van der Waals surface area (Å²) in [6, 6.07) is 32.6. The van der Waals surface area contributed by atoms with Crippen LogP contribution in [0.3, 0.4) is 0 Å². The quantitative estimate of drug-likeness (QED) is 0.131. The van der Waals surface area contributed by atoms with Gasteiger partial charge in [0.1, 0.15) is 11.6 Å². The predicted molar refractivity (Wildman–Crippen MR) is 184 cm³/mol. The van der Waals surface area contributed by atoms with E-state index in [1.54, 1.807) is 38.1 Å². The summed E-state index contributed by atoms with van der Waals surface area (Å²) in [4.78, 5) is 8.80. The van der Waals surface area contributed by atoms with E-state index >= 15 is 4.39 Å². The van der Waals surface area contributed by atoms with Crippen LogP contribution in [0, 0.1) is 23.8 Å². The minimum Gasteiger partial charge on any atom is -0.305 e. The van der Waals surface area contributed by atoms with Crippen LogP contribution < -0.4 is 5.19 Å². The Hall–Kier alpha value is -3.61. The number of thiophene rings is 1. The van der Waals surface area contributed by atoms with Crippen molar-refractivity contribution in [2.45, 2.75) is 39.4 Å². The van der Waals surface area contributed by atoms with Gasteiger partial charge in [-0.2, -0.15) is 11.3 Å². The summed E-state index contributed by atoms with van der Waals surface area (Å²) in [5.74, 6) is -1.83. The molecule has 0 aliphatic carbocycles. The molecular weight excluding hydrogens is 775 g/mol. The fourth-order valence-corrected chi connectivity index (χ4v) is 7.61. The number of halogens is 2. The molecule has 0 unspecified atom stereocenters. The molecule has 0 bridgehead atoms. The van der Waals surface area contributed by atoms with E-state index in [4.69, 9.17) is 1.37 Å². The van der Waals surface area contributed by atoms with Gasteiger partial charge in [-0.1, -0.05) is 75.3 Å².